The number of carboxylic acid groups (broad SMARTS) is 1. The molecule has 0 fully saturated rings. The van der Waals surface area contributed by atoms with Crippen molar-refractivity contribution in [3.8, 4) is 11.1 Å². The molecule has 2 aromatic rings. The lowest BCUT2D eigenvalue weighted by atomic mass is 9.98. The van der Waals surface area contributed by atoms with E-state index in [2.05, 4.69) is 5.32 Å². The van der Waals surface area contributed by atoms with E-state index >= 15 is 0 Å². The van der Waals surface area contributed by atoms with Crippen LogP contribution in [0.3, 0.4) is 0 Å². The van der Waals surface area contributed by atoms with E-state index in [4.69, 9.17) is 9.84 Å². The molecule has 2 N–H and O–H groups in total. The second-order valence-electron chi connectivity index (χ2n) is 6.25. The summed E-state index contributed by atoms with van der Waals surface area (Å²) in [5, 5.41) is 11.1. The van der Waals surface area contributed by atoms with Gasteiger partial charge in [-0.1, -0.05) is 48.5 Å². The molecular weight excluding hydrogens is 337 g/mol. The average Bonchev–Trinajstić information content (AvgIpc) is 2.97. The van der Waals surface area contributed by atoms with Crippen LogP contribution in [0.15, 0.2) is 48.5 Å². The maximum absolute atomic E-state index is 12.9. The van der Waals surface area contributed by atoms with Crippen LogP contribution in [0.5, 0.6) is 0 Å². The first-order valence-corrected chi connectivity index (χ1v) is 8.49. The van der Waals surface area contributed by atoms with Crippen LogP contribution in [-0.2, 0) is 9.53 Å². The topological polar surface area (TPSA) is 75.6 Å². The Morgan fingerprint density at radius 1 is 1.08 bits per heavy atom. The van der Waals surface area contributed by atoms with Crippen molar-refractivity contribution in [3.05, 3.63) is 59.7 Å². The van der Waals surface area contributed by atoms with E-state index in [1.54, 1.807) is 0 Å². The van der Waals surface area contributed by atoms with Gasteiger partial charge in [0.1, 0.15) is 13.3 Å². The highest BCUT2D eigenvalue weighted by atomic mass is 19.1. The number of benzene rings is 2. The molecule has 0 saturated carbocycles. The third-order valence-corrected chi connectivity index (χ3v) is 4.56. The van der Waals surface area contributed by atoms with Crippen molar-refractivity contribution < 1.29 is 23.8 Å². The number of aliphatic carboxylic acids is 1. The monoisotopic (exact) mass is 357 g/mol. The van der Waals surface area contributed by atoms with Crippen LogP contribution < -0.4 is 5.32 Å². The van der Waals surface area contributed by atoms with E-state index in [9.17, 15) is 14.0 Å². The van der Waals surface area contributed by atoms with Gasteiger partial charge in [-0.25, -0.2) is 9.18 Å². The fraction of sp³-hybridized carbons (Fsp3) is 0.300. The average molecular weight is 357 g/mol. The van der Waals surface area contributed by atoms with Crippen LogP contribution >= 0.6 is 0 Å². The maximum Gasteiger partial charge on any atom is 0.407 e. The number of ether oxygens (including phenoxy) is 1. The molecule has 3 rings (SSSR count). The second kappa shape index (κ2) is 7.99. The maximum atomic E-state index is 12.9. The normalized spacial score (nSPS) is 13.6. The van der Waals surface area contributed by atoms with Gasteiger partial charge in [0.05, 0.1) is 6.04 Å². The molecule has 1 aliphatic rings. The Labute approximate surface area is 150 Å². The molecule has 2 aromatic carbocycles. The van der Waals surface area contributed by atoms with Crippen LogP contribution in [0.4, 0.5) is 9.18 Å². The number of carbonyl (C=O) groups is 2. The van der Waals surface area contributed by atoms with Crippen molar-refractivity contribution in [2.24, 2.45) is 0 Å². The van der Waals surface area contributed by atoms with Crippen LogP contribution in [0.25, 0.3) is 11.1 Å². The Bertz CT molecular complexity index is 762. The van der Waals surface area contributed by atoms with Crippen LogP contribution in [0.2, 0.25) is 0 Å². The molecule has 1 amide bonds. The summed E-state index contributed by atoms with van der Waals surface area (Å²) >= 11 is 0. The lowest BCUT2D eigenvalue weighted by Gasteiger charge is -2.17. The smallest absolute Gasteiger partial charge is 0.407 e. The first-order chi connectivity index (χ1) is 12.6. The predicted molar refractivity (Wildman–Crippen MR) is 94.8 cm³/mol. The molecule has 0 radical (unpaired) electrons. The molecular formula is C20H20FNO4. The molecule has 0 bridgehead atoms. The SMILES string of the molecule is O=C(O)CCC(CF)NC(=O)OCC1c2ccccc2-c2ccccc21. The number of hydrogen-bond acceptors (Lipinski definition) is 3. The summed E-state index contributed by atoms with van der Waals surface area (Å²) < 4.78 is 18.3. The van der Waals surface area contributed by atoms with E-state index in [1.807, 2.05) is 48.5 Å². The third-order valence-electron chi connectivity index (χ3n) is 4.56. The van der Waals surface area contributed by atoms with E-state index in [-0.39, 0.29) is 25.4 Å². The second-order valence-corrected chi connectivity index (χ2v) is 6.25. The fourth-order valence-electron chi connectivity index (χ4n) is 3.29. The minimum atomic E-state index is -1.03. The van der Waals surface area contributed by atoms with Gasteiger partial charge in [-0.2, -0.15) is 0 Å². The molecule has 6 heteroatoms. The largest absolute Gasteiger partial charge is 0.481 e. The molecule has 0 saturated heterocycles. The Morgan fingerprint density at radius 2 is 1.65 bits per heavy atom. The Hall–Kier alpha value is -2.89. The molecule has 0 heterocycles. The highest BCUT2D eigenvalue weighted by Crippen LogP contribution is 2.44. The summed E-state index contributed by atoms with van der Waals surface area (Å²) in [6.07, 6.45) is -0.922. The summed E-state index contributed by atoms with van der Waals surface area (Å²) in [4.78, 5) is 22.6. The molecule has 136 valence electrons. The van der Waals surface area contributed by atoms with Crippen molar-refractivity contribution in [1.82, 2.24) is 5.32 Å². The fourth-order valence-corrected chi connectivity index (χ4v) is 3.29. The van der Waals surface area contributed by atoms with Gasteiger partial charge in [-0.3, -0.25) is 4.79 Å². The number of nitrogens with one attached hydrogen (secondary N) is 1. The van der Waals surface area contributed by atoms with Gasteiger partial charge >= 0.3 is 12.1 Å². The van der Waals surface area contributed by atoms with E-state index in [0.29, 0.717) is 0 Å². The standard InChI is InChI=1S/C20H20FNO4/c21-11-13(9-10-19(23)24)22-20(25)26-12-18-16-7-3-1-5-14(16)15-6-2-4-8-17(15)18/h1-8,13,18H,9-12H2,(H,22,25)(H,23,24). The number of alkyl carbamates (subject to hydrolysis) is 1. The van der Waals surface area contributed by atoms with E-state index in [0.717, 1.165) is 22.3 Å². The number of fused-ring (bicyclic) bond motifs is 3. The van der Waals surface area contributed by atoms with Crippen molar-refractivity contribution in [3.63, 3.8) is 0 Å². The molecule has 26 heavy (non-hydrogen) atoms. The number of halogens is 1. The molecule has 0 aromatic heterocycles. The molecule has 1 atom stereocenters. The van der Waals surface area contributed by atoms with Crippen molar-refractivity contribution in [1.29, 1.82) is 0 Å². The summed E-state index contributed by atoms with van der Waals surface area (Å²) in [6.45, 7) is -0.699. The summed E-state index contributed by atoms with van der Waals surface area (Å²) in [7, 11) is 0. The van der Waals surface area contributed by atoms with Gasteiger partial charge < -0.3 is 15.2 Å². The molecule has 5 nitrogen and oxygen atoms in total. The van der Waals surface area contributed by atoms with Gasteiger partial charge in [0, 0.05) is 12.3 Å². The first kappa shape index (κ1) is 17.9. The van der Waals surface area contributed by atoms with Crippen LogP contribution in [0.1, 0.15) is 29.9 Å². The zero-order chi connectivity index (χ0) is 18.5. The number of alkyl halides is 1. The zero-order valence-electron chi connectivity index (χ0n) is 14.2. The van der Waals surface area contributed by atoms with Gasteiger partial charge in [0.2, 0.25) is 0 Å². The minimum absolute atomic E-state index is 0.0238. The minimum Gasteiger partial charge on any atom is -0.481 e. The Balaban J connectivity index is 1.64. The number of hydrogen-bond donors (Lipinski definition) is 2. The Morgan fingerprint density at radius 3 is 2.19 bits per heavy atom. The molecule has 1 unspecified atom stereocenters. The van der Waals surface area contributed by atoms with Crippen molar-refractivity contribution in [2.45, 2.75) is 24.8 Å². The van der Waals surface area contributed by atoms with Gasteiger partial charge in [-0.15, -0.1) is 0 Å². The molecule has 1 aliphatic carbocycles. The highest BCUT2D eigenvalue weighted by molar-refractivity contribution is 5.79. The number of amides is 1. The summed E-state index contributed by atoms with van der Waals surface area (Å²) in [5.41, 5.74) is 4.43. The third kappa shape index (κ3) is 3.85. The number of carbonyl (C=O) groups excluding carboxylic acids is 1. The highest BCUT2D eigenvalue weighted by Gasteiger charge is 2.29. The van der Waals surface area contributed by atoms with Crippen molar-refractivity contribution in [2.75, 3.05) is 13.3 Å². The lowest BCUT2D eigenvalue weighted by molar-refractivity contribution is -0.137. The van der Waals surface area contributed by atoms with Crippen LogP contribution in [-0.4, -0.2) is 36.5 Å². The first-order valence-electron chi connectivity index (χ1n) is 8.49. The van der Waals surface area contributed by atoms with Gasteiger partial charge in [0.25, 0.3) is 0 Å². The number of carboxylic acids is 1. The quantitative estimate of drug-likeness (QED) is 0.792. The van der Waals surface area contributed by atoms with Gasteiger partial charge in [0.15, 0.2) is 0 Å². The summed E-state index contributed by atoms with van der Waals surface area (Å²) in [6, 6.07) is 15.1. The predicted octanol–water partition coefficient (Wildman–Crippen LogP) is 3.73. The summed E-state index contributed by atoms with van der Waals surface area (Å²) in [5.74, 6) is -1.10. The molecule has 0 spiro atoms. The lowest BCUT2D eigenvalue weighted by Crippen LogP contribution is -2.37. The van der Waals surface area contributed by atoms with E-state index < -0.39 is 24.8 Å². The number of rotatable bonds is 7. The van der Waals surface area contributed by atoms with Crippen LogP contribution in [0, 0.1) is 0 Å². The van der Waals surface area contributed by atoms with Crippen molar-refractivity contribution >= 4 is 12.1 Å². The van der Waals surface area contributed by atoms with Gasteiger partial charge in [-0.05, 0) is 28.7 Å². The van der Waals surface area contributed by atoms with E-state index in [1.165, 1.54) is 0 Å². The zero-order valence-corrected chi connectivity index (χ0v) is 14.2. The Kier molecular flexibility index (Phi) is 5.51. The molecule has 0 aliphatic heterocycles.